The number of amides is 1. The van der Waals surface area contributed by atoms with Crippen LogP contribution in [0, 0.1) is 6.57 Å². The molecule has 1 amide bonds. The molecule has 0 atom stereocenters. The lowest BCUT2D eigenvalue weighted by molar-refractivity contribution is -0.117. The molecule has 0 aliphatic carbocycles. The largest absolute Gasteiger partial charge is 0.331 e. The Labute approximate surface area is 147 Å². The summed E-state index contributed by atoms with van der Waals surface area (Å²) in [6.45, 7) is 9.23. The van der Waals surface area contributed by atoms with Gasteiger partial charge in [0.25, 0.3) is 5.91 Å². The third kappa shape index (κ3) is 3.84. The molecule has 2 aromatic carbocycles. The fraction of sp³-hybridized carbons (Fsp3) is 0.190. The maximum absolute atomic E-state index is 12.4. The molecule has 0 unspecified atom stereocenters. The van der Waals surface area contributed by atoms with Gasteiger partial charge in [0.2, 0.25) is 0 Å². The van der Waals surface area contributed by atoms with Crippen molar-refractivity contribution in [3.05, 3.63) is 76.1 Å². The van der Waals surface area contributed by atoms with Gasteiger partial charge in [0.15, 0.2) is 5.69 Å². The number of hydrogen-bond donors (Lipinski definition) is 0. The van der Waals surface area contributed by atoms with Gasteiger partial charge in [-0.15, -0.1) is 0 Å². The molecule has 1 heterocycles. The molecular weight excluding hydrogens is 312 g/mol. The monoisotopic (exact) mass is 330 g/mol. The first kappa shape index (κ1) is 16.7. The Hall–Kier alpha value is -3.19. The predicted octanol–water partition coefficient (Wildman–Crippen LogP) is 4.00. The summed E-state index contributed by atoms with van der Waals surface area (Å²) in [6.07, 6.45) is 4.75. The molecule has 4 heteroatoms. The highest BCUT2D eigenvalue weighted by molar-refractivity contribution is 5.99. The summed E-state index contributed by atoms with van der Waals surface area (Å²) in [5.74, 6) is -0.0673. The molecular formula is C21H18N2O2. The van der Waals surface area contributed by atoms with Gasteiger partial charge in [-0.1, -0.05) is 48.6 Å². The van der Waals surface area contributed by atoms with Crippen molar-refractivity contribution in [3.63, 3.8) is 0 Å². The Bertz CT molecular complexity index is 889. The SMILES string of the molecule is [C-]#[N+]c1ccc(/C=C/c2ccc3c(c2)CCN(CC(C)=O)C3=O)cc1. The van der Waals surface area contributed by atoms with Crippen molar-refractivity contribution in [2.75, 3.05) is 13.1 Å². The van der Waals surface area contributed by atoms with Crippen LogP contribution in [-0.2, 0) is 11.2 Å². The second-order valence-electron chi connectivity index (χ2n) is 6.13. The Kier molecular flexibility index (Phi) is 4.76. The van der Waals surface area contributed by atoms with Crippen LogP contribution >= 0.6 is 0 Å². The van der Waals surface area contributed by atoms with Crippen LogP contribution in [0.15, 0.2) is 42.5 Å². The fourth-order valence-electron chi connectivity index (χ4n) is 2.93. The van der Waals surface area contributed by atoms with Gasteiger partial charge in [-0.25, -0.2) is 4.85 Å². The van der Waals surface area contributed by atoms with E-state index in [0.717, 1.165) is 23.1 Å². The number of carbonyl (C=O) groups excluding carboxylic acids is 2. The van der Waals surface area contributed by atoms with Gasteiger partial charge in [-0.3, -0.25) is 9.59 Å². The van der Waals surface area contributed by atoms with Gasteiger partial charge in [-0.05, 0) is 36.1 Å². The number of carbonyl (C=O) groups is 2. The predicted molar refractivity (Wildman–Crippen MR) is 98.4 cm³/mol. The van der Waals surface area contributed by atoms with Crippen LogP contribution in [0.2, 0.25) is 0 Å². The number of Topliss-reactive ketones (excluding diaryl/α,β-unsaturated/α-hetero) is 1. The topological polar surface area (TPSA) is 41.7 Å². The maximum Gasteiger partial charge on any atom is 0.254 e. The van der Waals surface area contributed by atoms with E-state index in [2.05, 4.69) is 4.85 Å². The molecule has 0 saturated heterocycles. The Balaban J connectivity index is 1.78. The Morgan fingerprint density at radius 3 is 2.52 bits per heavy atom. The van der Waals surface area contributed by atoms with E-state index in [1.807, 2.05) is 42.5 Å². The lowest BCUT2D eigenvalue weighted by Gasteiger charge is -2.27. The molecule has 0 spiro atoms. The minimum absolute atomic E-state index is 0.000545. The molecule has 0 bridgehead atoms. The molecule has 0 fully saturated rings. The Morgan fingerprint density at radius 2 is 1.84 bits per heavy atom. The minimum atomic E-state index is -0.0679. The van der Waals surface area contributed by atoms with Gasteiger partial charge < -0.3 is 4.90 Å². The first-order valence-electron chi connectivity index (χ1n) is 8.14. The van der Waals surface area contributed by atoms with E-state index < -0.39 is 0 Å². The van der Waals surface area contributed by atoms with Crippen LogP contribution in [0.4, 0.5) is 5.69 Å². The molecule has 0 N–H and O–H groups in total. The molecule has 3 rings (SSSR count). The summed E-state index contributed by atoms with van der Waals surface area (Å²) in [4.78, 5) is 28.7. The number of benzene rings is 2. The standard InChI is InChI=1S/C21H18N2O2/c1-15(24)14-23-12-11-18-13-17(7-10-20(18)21(23)25)4-3-16-5-8-19(22-2)9-6-16/h3-10,13H,11-12,14H2,1H3/b4-3+. The molecule has 2 aromatic rings. The highest BCUT2D eigenvalue weighted by atomic mass is 16.2. The molecule has 25 heavy (non-hydrogen) atoms. The highest BCUT2D eigenvalue weighted by Crippen LogP contribution is 2.22. The first-order valence-corrected chi connectivity index (χ1v) is 8.14. The first-order chi connectivity index (χ1) is 12.1. The summed E-state index contributed by atoms with van der Waals surface area (Å²) in [7, 11) is 0. The van der Waals surface area contributed by atoms with E-state index in [9.17, 15) is 9.59 Å². The van der Waals surface area contributed by atoms with E-state index in [-0.39, 0.29) is 18.2 Å². The van der Waals surface area contributed by atoms with Crippen LogP contribution < -0.4 is 0 Å². The number of nitrogens with zero attached hydrogens (tertiary/aromatic N) is 2. The van der Waals surface area contributed by atoms with Gasteiger partial charge in [0.1, 0.15) is 5.78 Å². The lowest BCUT2D eigenvalue weighted by Crippen LogP contribution is -2.40. The molecule has 124 valence electrons. The van der Waals surface area contributed by atoms with E-state index in [4.69, 9.17) is 6.57 Å². The summed E-state index contributed by atoms with van der Waals surface area (Å²) in [5, 5.41) is 0. The number of rotatable bonds is 4. The van der Waals surface area contributed by atoms with Crippen molar-refractivity contribution < 1.29 is 9.59 Å². The number of hydrogen-bond acceptors (Lipinski definition) is 2. The zero-order valence-corrected chi connectivity index (χ0v) is 14.0. The molecule has 1 aliphatic rings. The summed E-state index contributed by atoms with van der Waals surface area (Å²) < 4.78 is 0. The zero-order chi connectivity index (χ0) is 17.8. The molecule has 0 aromatic heterocycles. The smallest absolute Gasteiger partial charge is 0.254 e. The maximum atomic E-state index is 12.4. The highest BCUT2D eigenvalue weighted by Gasteiger charge is 2.24. The van der Waals surface area contributed by atoms with Crippen LogP contribution in [-0.4, -0.2) is 29.7 Å². The van der Waals surface area contributed by atoms with Crippen molar-refractivity contribution in [1.29, 1.82) is 0 Å². The van der Waals surface area contributed by atoms with Gasteiger partial charge in [0.05, 0.1) is 13.1 Å². The third-order valence-corrected chi connectivity index (χ3v) is 4.20. The van der Waals surface area contributed by atoms with Gasteiger partial charge in [-0.2, -0.15) is 0 Å². The quantitative estimate of drug-likeness (QED) is 0.628. The molecule has 0 saturated carbocycles. The van der Waals surface area contributed by atoms with Crippen LogP contribution in [0.5, 0.6) is 0 Å². The summed E-state index contributed by atoms with van der Waals surface area (Å²) in [6, 6.07) is 13.2. The summed E-state index contributed by atoms with van der Waals surface area (Å²) in [5.41, 5.74) is 4.38. The van der Waals surface area contributed by atoms with E-state index in [1.54, 1.807) is 17.0 Å². The normalized spacial score (nSPS) is 13.6. The second-order valence-corrected chi connectivity index (χ2v) is 6.13. The fourth-order valence-corrected chi connectivity index (χ4v) is 2.93. The van der Waals surface area contributed by atoms with E-state index in [0.29, 0.717) is 17.8 Å². The van der Waals surface area contributed by atoms with Crippen molar-refractivity contribution in [2.24, 2.45) is 0 Å². The van der Waals surface area contributed by atoms with Gasteiger partial charge in [0, 0.05) is 12.1 Å². The molecule has 0 radical (unpaired) electrons. The van der Waals surface area contributed by atoms with Crippen molar-refractivity contribution in [2.45, 2.75) is 13.3 Å². The summed E-state index contributed by atoms with van der Waals surface area (Å²) >= 11 is 0. The van der Waals surface area contributed by atoms with E-state index >= 15 is 0 Å². The van der Waals surface area contributed by atoms with Crippen molar-refractivity contribution in [1.82, 2.24) is 4.90 Å². The van der Waals surface area contributed by atoms with E-state index in [1.165, 1.54) is 6.92 Å². The third-order valence-electron chi connectivity index (χ3n) is 4.20. The average molecular weight is 330 g/mol. The van der Waals surface area contributed by atoms with Crippen molar-refractivity contribution >= 4 is 29.5 Å². The van der Waals surface area contributed by atoms with Gasteiger partial charge >= 0.3 is 0 Å². The zero-order valence-electron chi connectivity index (χ0n) is 14.0. The number of fused-ring (bicyclic) bond motifs is 1. The number of ketones is 1. The van der Waals surface area contributed by atoms with Crippen LogP contribution in [0.1, 0.15) is 34.0 Å². The molecule has 4 nitrogen and oxygen atoms in total. The minimum Gasteiger partial charge on any atom is -0.331 e. The van der Waals surface area contributed by atoms with Crippen LogP contribution in [0.3, 0.4) is 0 Å². The van der Waals surface area contributed by atoms with Crippen LogP contribution in [0.25, 0.3) is 17.0 Å². The second kappa shape index (κ2) is 7.14. The molecule has 1 aliphatic heterocycles. The Morgan fingerprint density at radius 1 is 1.16 bits per heavy atom. The average Bonchev–Trinajstić information content (AvgIpc) is 2.62. The van der Waals surface area contributed by atoms with Crippen molar-refractivity contribution in [3.8, 4) is 0 Å². The lowest BCUT2D eigenvalue weighted by atomic mass is 9.96.